The molecule has 0 saturated carbocycles. The maximum Gasteiger partial charge on any atom is 0.341 e. The lowest BCUT2D eigenvalue weighted by Gasteiger charge is -2.04. The van der Waals surface area contributed by atoms with E-state index in [1.807, 2.05) is 0 Å². The van der Waals surface area contributed by atoms with Crippen LogP contribution in [0.5, 0.6) is 5.75 Å². The first-order valence-corrected chi connectivity index (χ1v) is 4.57. The average molecular weight is 270 g/mol. The molecule has 0 aliphatic rings. The summed E-state index contributed by atoms with van der Waals surface area (Å²) >= 11 is 0. The van der Waals surface area contributed by atoms with Crippen LogP contribution in [0.1, 0.15) is 10.4 Å². The van der Waals surface area contributed by atoms with Crippen molar-refractivity contribution in [2.45, 2.75) is 0 Å². The number of hydrogen-bond acceptors (Lipinski definition) is 3. The summed E-state index contributed by atoms with van der Waals surface area (Å²) in [6.07, 6.45) is 1.18. The molecule has 0 spiro atoms. The SMILES string of the molecule is COc1cccc2c(=O)c(C(=O)O)c[nH]c12.F.F.[B]. The van der Waals surface area contributed by atoms with Gasteiger partial charge in [-0.2, -0.15) is 0 Å². The summed E-state index contributed by atoms with van der Waals surface area (Å²) in [6, 6.07) is 4.89. The predicted octanol–water partition coefficient (Wildman–Crippen LogP) is 1.16. The lowest BCUT2D eigenvalue weighted by Crippen LogP contribution is -2.15. The Morgan fingerprint density at radius 2 is 1.95 bits per heavy atom. The average Bonchev–Trinajstić information content (AvgIpc) is 2.28. The number of methoxy groups -OCH3 is 1. The first kappa shape index (κ1) is 19.0. The number of carboxylic acids is 1. The van der Waals surface area contributed by atoms with Gasteiger partial charge in [0.15, 0.2) is 0 Å². The third-order valence-electron chi connectivity index (χ3n) is 2.33. The van der Waals surface area contributed by atoms with Crippen LogP contribution >= 0.6 is 0 Å². The van der Waals surface area contributed by atoms with Gasteiger partial charge in [-0.05, 0) is 12.1 Å². The minimum Gasteiger partial charge on any atom is -0.495 e. The molecule has 19 heavy (non-hydrogen) atoms. The van der Waals surface area contributed by atoms with Crippen LogP contribution in [0.3, 0.4) is 0 Å². The largest absolute Gasteiger partial charge is 0.495 e. The second-order valence-electron chi connectivity index (χ2n) is 3.22. The second kappa shape index (κ2) is 7.15. The fourth-order valence-electron chi connectivity index (χ4n) is 1.55. The number of aromatic carboxylic acids is 1. The highest BCUT2D eigenvalue weighted by atomic mass is 19.0. The highest BCUT2D eigenvalue weighted by Crippen LogP contribution is 2.20. The Balaban J connectivity index is 0. The van der Waals surface area contributed by atoms with Gasteiger partial charge in [0.1, 0.15) is 11.3 Å². The number of pyridine rings is 1. The van der Waals surface area contributed by atoms with Gasteiger partial charge in [0.2, 0.25) is 5.43 Å². The van der Waals surface area contributed by atoms with Crippen LogP contribution in [-0.2, 0) is 0 Å². The molecular weight excluding hydrogens is 259 g/mol. The molecule has 0 unspecified atom stereocenters. The summed E-state index contributed by atoms with van der Waals surface area (Å²) in [5, 5.41) is 9.11. The number of aromatic amines is 1. The number of carbonyl (C=O) groups is 1. The van der Waals surface area contributed by atoms with Gasteiger partial charge < -0.3 is 14.8 Å². The number of ether oxygens (including phenoxy) is 1. The summed E-state index contributed by atoms with van der Waals surface area (Å²) in [7, 11) is 1.48. The molecule has 1 aromatic heterocycles. The topological polar surface area (TPSA) is 79.4 Å². The van der Waals surface area contributed by atoms with Gasteiger partial charge in [-0.15, -0.1) is 0 Å². The third-order valence-corrected chi connectivity index (χ3v) is 2.33. The van der Waals surface area contributed by atoms with E-state index < -0.39 is 11.4 Å². The Bertz CT molecular complexity index is 630. The molecule has 2 N–H and O–H groups in total. The maximum atomic E-state index is 11.8. The molecule has 0 fully saturated rings. The van der Waals surface area contributed by atoms with E-state index in [-0.39, 0.29) is 23.4 Å². The van der Waals surface area contributed by atoms with Crippen molar-refractivity contribution in [3.63, 3.8) is 0 Å². The highest BCUT2D eigenvalue weighted by Gasteiger charge is 2.12. The normalized spacial score (nSPS) is 8.68. The number of carboxylic acid groups (broad SMARTS) is 1. The number of hydrogen-bond donors (Lipinski definition) is 2. The molecule has 1 heterocycles. The molecule has 0 saturated heterocycles. The standard InChI is InChI=1S/C11H9NO4.B.2FH/c1-16-8-4-2-3-6-9(8)12-5-7(10(6)13)11(14)15;;;/h2-5H,1H3,(H,12,13)(H,14,15);;2*1H. The van der Waals surface area contributed by atoms with Crippen LogP contribution in [0.4, 0.5) is 9.41 Å². The Morgan fingerprint density at radius 1 is 1.32 bits per heavy atom. The summed E-state index contributed by atoms with van der Waals surface area (Å²) < 4.78 is 5.07. The maximum absolute atomic E-state index is 11.8. The van der Waals surface area contributed by atoms with Crippen molar-refractivity contribution < 1.29 is 24.0 Å². The fraction of sp³-hybridized carbons (Fsp3) is 0.0909. The number of rotatable bonds is 2. The minimum absolute atomic E-state index is 0. The lowest BCUT2D eigenvalue weighted by atomic mass is 10.1. The van der Waals surface area contributed by atoms with E-state index in [1.165, 1.54) is 13.3 Å². The lowest BCUT2D eigenvalue weighted by molar-refractivity contribution is 0.0695. The first-order chi connectivity index (χ1) is 7.65. The van der Waals surface area contributed by atoms with E-state index in [1.54, 1.807) is 18.2 Å². The zero-order valence-corrected chi connectivity index (χ0v) is 9.88. The molecule has 2 aromatic rings. The molecule has 8 heteroatoms. The van der Waals surface area contributed by atoms with Gasteiger partial charge in [-0.25, -0.2) is 4.79 Å². The summed E-state index contributed by atoms with van der Waals surface area (Å²) in [5.41, 5.74) is -0.291. The molecule has 0 aliphatic carbocycles. The van der Waals surface area contributed by atoms with Crippen molar-refractivity contribution in [2.75, 3.05) is 7.11 Å². The number of para-hydroxylation sites is 1. The number of H-pyrrole nitrogens is 1. The Hall–Kier alpha value is -2.38. The van der Waals surface area contributed by atoms with E-state index in [9.17, 15) is 9.59 Å². The van der Waals surface area contributed by atoms with E-state index in [0.29, 0.717) is 16.7 Å². The van der Waals surface area contributed by atoms with E-state index >= 15 is 0 Å². The quantitative estimate of drug-likeness (QED) is 0.802. The first-order valence-electron chi connectivity index (χ1n) is 4.57. The molecular formula is C11H11BF2NO4. The monoisotopic (exact) mass is 270 g/mol. The zero-order chi connectivity index (χ0) is 11.7. The molecule has 2 rings (SSSR count). The molecule has 101 valence electrons. The summed E-state index contributed by atoms with van der Waals surface area (Å²) in [4.78, 5) is 25.3. The van der Waals surface area contributed by atoms with Gasteiger partial charge in [-0.1, -0.05) is 6.07 Å². The van der Waals surface area contributed by atoms with Crippen LogP contribution in [0.2, 0.25) is 0 Å². The van der Waals surface area contributed by atoms with Crippen molar-refractivity contribution in [1.82, 2.24) is 4.98 Å². The van der Waals surface area contributed by atoms with Crippen LogP contribution in [0.15, 0.2) is 29.2 Å². The van der Waals surface area contributed by atoms with Crippen LogP contribution < -0.4 is 10.2 Å². The number of benzene rings is 1. The minimum atomic E-state index is -1.24. The number of nitrogens with one attached hydrogen (secondary N) is 1. The molecule has 5 nitrogen and oxygen atoms in total. The predicted molar refractivity (Wildman–Crippen MR) is 68.8 cm³/mol. The van der Waals surface area contributed by atoms with Crippen LogP contribution in [0, 0.1) is 0 Å². The molecule has 3 radical (unpaired) electrons. The molecule has 1 aromatic carbocycles. The van der Waals surface area contributed by atoms with Crippen molar-refractivity contribution in [2.24, 2.45) is 0 Å². The van der Waals surface area contributed by atoms with Crippen molar-refractivity contribution in [1.29, 1.82) is 0 Å². The Labute approximate surface area is 108 Å². The third kappa shape index (κ3) is 3.09. The molecule has 0 amide bonds. The number of aromatic nitrogens is 1. The van der Waals surface area contributed by atoms with Gasteiger partial charge in [0.05, 0.1) is 18.0 Å². The number of fused-ring (bicyclic) bond motifs is 1. The summed E-state index contributed by atoms with van der Waals surface area (Å²) in [6.45, 7) is 0. The van der Waals surface area contributed by atoms with Crippen molar-refractivity contribution in [3.05, 3.63) is 40.2 Å². The van der Waals surface area contributed by atoms with Gasteiger partial charge in [0.25, 0.3) is 0 Å². The van der Waals surface area contributed by atoms with Crippen LogP contribution in [-0.4, -0.2) is 31.6 Å². The smallest absolute Gasteiger partial charge is 0.341 e. The Kier molecular flexibility index (Phi) is 7.14. The highest BCUT2D eigenvalue weighted by molar-refractivity contribution is 5.93. The van der Waals surface area contributed by atoms with E-state index in [2.05, 4.69) is 4.98 Å². The Morgan fingerprint density at radius 3 is 2.47 bits per heavy atom. The van der Waals surface area contributed by atoms with Crippen LogP contribution in [0.25, 0.3) is 10.9 Å². The second-order valence-corrected chi connectivity index (χ2v) is 3.22. The number of halogens is 2. The van der Waals surface area contributed by atoms with Gasteiger partial charge in [0, 0.05) is 14.6 Å². The fourth-order valence-corrected chi connectivity index (χ4v) is 1.55. The zero-order valence-electron chi connectivity index (χ0n) is 9.88. The summed E-state index contributed by atoms with van der Waals surface area (Å²) in [5.74, 6) is -0.738. The van der Waals surface area contributed by atoms with Crippen molar-refractivity contribution >= 4 is 25.3 Å². The van der Waals surface area contributed by atoms with E-state index in [4.69, 9.17) is 9.84 Å². The van der Waals surface area contributed by atoms with Gasteiger partial charge >= 0.3 is 5.97 Å². The van der Waals surface area contributed by atoms with Gasteiger partial charge in [-0.3, -0.25) is 14.2 Å². The molecule has 0 atom stereocenters. The van der Waals surface area contributed by atoms with Crippen molar-refractivity contribution in [3.8, 4) is 5.75 Å². The van der Waals surface area contributed by atoms with E-state index in [0.717, 1.165) is 0 Å². The molecule has 0 aliphatic heterocycles. The molecule has 0 bridgehead atoms.